The highest BCUT2D eigenvalue weighted by molar-refractivity contribution is 6.31. The molecule has 0 amide bonds. The number of fused-ring (bicyclic) bond motifs is 1. The number of hydrogen-bond donors (Lipinski definition) is 0. The molecule has 112 valence electrons. The second-order valence-electron chi connectivity index (χ2n) is 4.75. The number of rotatable bonds is 2. The zero-order valence-electron chi connectivity index (χ0n) is 11.5. The van der Waals surface area contributed by atoms with E-state index in [-0.39, 0.29) is 16.3 Å². The van der Waals surface area contributed by atoms with Crippen molar-refractivity contribution in [3.63, 3.8) is 0 Å². The van der Waals surface area contributed by atoms with Gasteiger partial charge < -0.3 is 0 Å². The number of pyridine rings is 1. The first-order valence-corrected chi connectivity index (χ1v) is 6.81. The first-order valence-electron chi connectivity index (χ1n) is 6.44. The maximum absolute atomic E-state index is 13.4. The van der Waals surface area contributed by atoms with Crippen LogP contribution in [0.3, 0.4) is 0 Å². The summed E-state index contributed by atoms with van der Waals surface area (Å²) in [6.07, 6.45) is 1.38. The smallest absolute Gasteiger partial charge is 0.258 e. The Kier molecular flexibility index (Phi) is 3.64. The third-order valence-electron chi connectivity index (χ3n) is 3.39. The van der Waals surface area contributed by atoms with Gasteiger partial charge in [0.15, 0.2) is 0 Å². The van der Waals surface area contributed by atoms with Crippen LogP contribution in [0.15, 0.2) is 42.6 Å². The molecule has 0 unspecified atom stereocenters. The Balaban J connectivity index is 2.40. The van der Waals surface area contributed by atoms with Crippen LogP contribution in [-0.4, -0.2) is 9.91 Å². The van der Waals surface area contributed by atoms with Crippen molar-refractivity contribution in [3.05, 3.63) is 69.1 Å². The van der Waals surface area contributed by atoms with E-state index in [2.05, 4.69) is 4.98 Å². The minimum absolute atomic E-state index is 0.0956. The molecule has 1 aromatic heterocycles. The van der Waals surface area contributed by atoms with Crippen LogP contribution in [-0.2, 0) is 0 Å². The molecule has 5 nitrogen and oxygen atoms in total. The Morgan fingerprint density at radius 3 is 2.70 bits per heavy atom. The SMILES string of the molecule is N#Cc1cnc2ccc([N+](=O)[O-])cc2c1-c1ccc(F)c(Cl)c1. The van der Waals surface area contributed by atoms with E-state index >= 15 is 0 Å². The zero-order valence-corrected chi connectivity index (χ0v) is 12.2. The molecule has 0 saturated carbocycles. The largest absolute Gasteiger partial charge is 0.270 e. The summed E-state index contributed by atoms with van der Waals surface area (Å²) in [6, 6.07) is 10.2. The van der Waals surface area contributed by atoms with Crippen LogP contribution >= 0.6 is 11.6 Å². The molecule has 0 fully saturated rings. The van der Waals surface area contributed by atoms with Crippen LogP contribution in [0.2, 0.25) is 5.02 Å². The second-order valence-corrected chi connectivity index (χ2v) is 5.15. The van der Waals surface area contributed by atoms with Crippen molar-refractivity contribution >= 4 is 28.2 Å². The van der Waals surface area contributed by atoms with Crippen molar-refractivity contribution in [1.82, 2.24) is 4.98 Å². The van der Waals surface area contributed by atoms with Crippen molar-refractivity contribution in [3.8, 4) is 17.2 Å². The summed E-state index contributed by atoms with van der Waals surface area (Å²) < 4.78 is 13.4. The maximum atomic E-state index is 13.4. The van der Waals surface area contributed by atoms with Gasteiger partial charge in [-0.2, -0.15) is 5.26 Å². The van der Waals surface area contributed by atoms with Crippen molar-refractivity contribution < 1.29 is 9.31 Å². The van der Waals surface area contributed by atoms with E-state index in [9.17, 15) is 19.8 Å². The Morgan fingerprint density at radius 2 is 2.04 bits per heavy atom. The number of aromatic nitrogens is 1. The molecule has 0 spiro atoms. The average Bonchev–Trinajstić information content (AvgIpc) is 2.55. The Labute approximate surface area is 134 Å². The number of nitro groups is 1. The van der Waals surface area contributed by atoms with Crippen molar-refractivity contribution in [2.75, 3.05) is 0 Å². The first kappa shape index (κ1) is 14.9. The molecule has 7 heteroatoms. The van der Waals surface area contributed by atoms with Crippen molar-refractivity contribution in [1.29, 1.82) is 5.26 Å². The number of non-ortho nitro benzene ring substituents is 1. The van der Waals surface area contributed by atoms with Crippen LogP contribution in [0.4, 0.5) is 10.1 Å². The molecular formula is C16H7ClFN3O2. The van der Waals surface area contributed by atoms with Crippen LogP contribution in [0.5, 0.6) is 0 Å². The van der Waals surface area contributed by atoms with E-state index in [1.807, 2.05) is 6.07 Å². The van der Waals surface area contributed by atoms with E-state index in [0.29, 0.717) is 22.0 Å². The van der Waals surface area contributed by atoms with Gasteiger partial charge in [0.1, 0.15) is 11.9 Å². The highest BCUT2D eigenvalue weighted by Gasteiger charge is 2.16. The van der Waals surface area contributed by atoms with Gasteiger partial charge in [0, 0.05) is 29.3 Å². The molecule has 1 heterocycles. The maximum Gasteiger partial charge on any atom is 0.270 e. The van der Waals surface area contributed by atoms with Gasteiger partial charge in [-0.1, -0.05) is 17.7 Å². The van der Waals surface area contributed by atoms with E-state index in [4.69, 9.17) is 11.6 Å². The topological polar surface area (TPSA) is 79.8 Å². The third-order valence-corrected chi connectivity index (χ3v) is 3.68. The summed E-state index contributed by atoms with van der Waals surface area (Å²) in [5, 5.41) is 20.6. The fraction of sp³-hybridized carbons (Fsp3) is 0. The van der Waals surface area contributed by atoms with Gasteiger partial charge in [-0.15, -0.1) is 0 Å². The number of nitrogens with zero attached hydrogens (tertiary/aromatic N) is 3. The lowest BCUT2D eigenvalue weighted by molar-refractivity contribution is -0.384. The highest BCUT2D eigenvalue weighted by atomic mass is 35.5. The molecule has 3 rings (SSSR count). The molecule has 2 aromatic carbocycles. The Hall–Kier alpha value is -3.04. The summed E-state index contributed by atoms with van der Waals surface area (Å²) in [7, 11) is 0. The molecule has 0 atom stereocenters. The zero-order chi connectivity index (χ0) is 16.6. The molecule has 0 bridgehead atoms. The van der Waals surface area contributed by atoms with E-state index in [1.165, 1.54) is 42.6 Å². The normalized spacial score (nSPS) is 10.5. The Morgan fingerprint density at radius 1 is 1.26 bits per heavy atom. The molecule has 0 aliphatic heterocycles. The van der Waals surface area contributed by atoms with Gasteiger partial charge in [-0.25, -0.2) is 4.39 Å². The van der Waals surface area contributed by atoms with Gasteiger partial charge in [0.05, 0.1) is 21.0 Å². The first-order chi connectivity index (χ1) is 11.0. The Bertz CT molecular complexity index is 999. The monoisotopic (exact) mass is 327 g/mol. The summed E-state index contributed by atoms with van der Waals surface area (Å²) in [5.41, 5.74) is 1.51. The van der Waals surface area contributed by atoms with Crippen LogP contribution in [0.1, 0.15) is 5.56 Å². The number of nitro benzene ring substituents is 1. The third kappa shape index (κ3) is 2.58. The van der Waals surface area contributed by atoms with E-state index < -0.39 is 10.7 Å². The quantitative estimate of drug-likeness (QED) is 0.513. The predicted octanol–water partition coefficient (Wildman–Crippen LogP) is 4.47. The summed E-state index contributed by atoms with van der Waals surface area (Å²) in [5.74, 6) is -0.585. The lowest BCUT2D eigenvalue weighted by Gasteiger charge is -2.09. The molecule has 0 radical (unpaired) electrons. The summed E-state index contributed by atoms with van der Waals surface area (Å²) >= 11 is 5.81. The average molecular weight is 328 g/mol. The van der Waals surface area contributed by atoms with Crippen molar-refractivity contribution in [2.24, 2.45) is 0 Å². The summed E-state index contributed by atoms with van der Waals surface area (Å²) in [6.45, 7) is 0. The molecule has 3 aromatic rings. The number of benzene rings is 2. The molecule has 23 heavy (non-hydrogen) atoms. The predicted molar refractivity (Wildman–Crippen MR) is 83.5 cm³/mol. The molecule has 0 saturated heterocycles. The standard InChI is InChI=1S/C16H7ClFN3O2/c17-13-5-9(1-3-14(13)18)16-10(7-19)8-20-15-4-2-11(21(22)23)6-12(15)16/h1-6,8H. The summed E-state index contributed by atoms with van der Waals surface area (Å²) in [4.78, 5) is 14.6. The lowest BCUT2D eigenvalue weighted by Crippen LogP contribution is -1.93. The van der Waals surface area contributed by atoms with Crippen LogP contribution in [0, 0.1) is 27.3 Å². The molecule has 0 aliphatic rings. The lowest BCUT2D eigenvalue weighted by atomic mass is 9.96. The minimum Gasteiger partial charge on any atom is -0.258 e. The molecular weight excluding hydrogens is 321 g/mol. The van der Waals surface area contributed by atoms with E-state index in [1.54, 1.807) is 0 Å². The fourth-order valence-corrected chi connectivity index (χ4v) is 2.52. The molecule has 0 N–H and O–H groups in total. The molecule has 0 aliphatic carbocycles. The minimum atomic E-state index is -0.585. The van der Waals surface area contributed by atoms with Gasteiger partial charge >= 0.3 is 0 Å². The highest BCUT2D eigenvalue weighted by Crippen LogP contribution is 2.34. The fourth-order valence-electron chi connectivity index (χ4n) is 2.34. The van der Waals surface area contributed by atoms with Gasteiger partial charge in [-0.3, -0.25) is 15.1 Å². The van der Waals surface area contributed by atoms with E-state index in [0.717, 1.165) is 0 Å². The number of nitriles is 1. The van der Waals surface area contributed by atoms with Gasteiger partial charge in [0.25, 0.3) is 5.69 Å². The van der Waals surface area contributed by atoms with Gasteiger partial charge in [0.2, 0.25) is 0 Å². The van der Waals surface area contributed by atoms with Gasteiger partial charge in [-0.05, 0) is 23.8 Å². The van der Waals surface area contributed by atoms with Crippen LogP contribution in [0.25, 0.3) is 22.0 Å². The number of halogens is 2. The second kappa shape index (κ2) is 5.63. The van der Waals surface area contributed by atoms with Crippen LogP contribution < -0.4 is 0 Å². The number of hydrogen-bond acceptors (Lipinski definition) is 4. The van der Waals surface area contributed by atoms with Crippen molar-refractivity contribution in [2.45, 2.75) is 0 Å².